The summed E-state index contributed by atoms with van der Waals surface area (Å²) >= 11 is 0. The van der Waals surface area contributed by atoms with Crippen molar-refractivity contribution >= 4 is 17.1 Å². The van der Waals surface area contributed by atoms with E-state index in [9.17, 15) is 0 Å². The van der Waals surface area contributed by atoms with Crippen molar-refractivity contribution in [1.82, 2.24) is 4.98 Å². The molecule has 0 unspecified atom stereocenters. The first-order chi connectivity index (χ1) is 7.06. The first-order valence-corrected chi connectivity index (χ1v) is 5.18. The summed E-state index contributed by atoms with van der Waals surface area (Å²) in [5.74, 6) is 0. The molecule has 2 heteroatoms. The Hall–Kier alpha value is -1.57. The second-order valence-corrected chi connectivity index (χ2v) is 4.72. The van der Waals surface area contributed by atoms with E-state index >= 15 is 0 Å². The highest BCUT2D eigenvalue weighted by atomic mass is 14.8. The normalized spacial score (nSPS) is 12.7. The predicted octanol–water partition coefficient (Wildman–Crippen LogP) is 3.39. The molecule has 15 heavy (non-hydrogen) atoms. The van der Waals surface area contributed by atoms with Crippen LogP contribution in [0.25, 0.3) is 10.9 Å². The molecule has 0 bridgehead atoms. The van der Waals surface area contributed by atoms with Crippen LogP contribution in [0.5, 0.6) is 0 Å². The van der Waals surface area contributed by atoms with Crippen molar-refractivity contribution in [3.63, 3.8) is 0 Å². The molecule has 0 saturated heterocycles. The number of hydrogen-bond donors (Lipinski definition) is 1. The van der Waals surface area contributed by atoms with Gasteiger partial charge in [-0.3, -0.25) is 4.99 Å². The molecular formula is C13H16N2. The Bertz CT molecular complexity index is 486. The summed E-state index contributed by atoms with van der Waals surface area (Å²) in [6, 6.07) is 8.26. The average molecular weight is 200 g/mol. The zero-order valence-corrected chi connectivity index (χ0v) is 9.41. The molecule has 1 aromatic carbocycles. The van der Waals surface area contributed by atoms with Gasteiger partial charge in [-0.05, 0) is 26.8 Å². The number of aromatic amines is 1. The van der Waals surface area contributed by atoms with Gasteiger partial charge in [0.15, 0.2) is 0 Å². The van der Waals surface area contributed by atoms with E-state index in [1.165, 1.54) is 5.39 Å². The van der Waals surface area contributed by atoms with Crippen LogP contribution in [0.4, 0.5) is 0 Å². The third-order valence-corrected chi connectivity index (χ3v) is 2.21. The molecule has 78 valence electrons. The quantitative estimate of drug-likeness (QED) is 0.683. The lowest BCUT2D eigenvalue weighted by Crippen LogP contribution is -2.09. The number of benzene rings is 1. The van der Waals surface area contributed by atoms with E-state index in [0.29, 0.717) is 0 Å². The maximum Gasteiger partial charge on any atom is 0.0524 e. The second kappa shape index (κ2) is 3.54. The number of aliphatic imine (C=N–C) groups is 1. The average Bonchev–Trinajstić information content (AvgIpc) is 2.57. The van der Waals surface area contributed by atoms with Crippen LogP contribution in [0, 0.1) is 0 Å². The SMILES string of the molecule is CC(C)(C)N=Cc1c[nH]c2ccccc12. The number of para-hydroxylation sites is 1. The third-order valence-electron chi connectivity index (χ3n) is 2.21. The van der Waals surface area contributed by atoms with Crippen molar-refractivity contribution in [2.75, 3.05) is 0 Å². The zero-order chi connectivity index (χ0) is 10.9. The van der Waals surface area contributed by atoms with Crippen molar-refractivity contribution < 1.29 is 0 Å². The van der Waals surface area contributed by atoms with Gasteiger partial charge in [0.2, 0.25) is 0 Å². The molecule has 2 aromatic rings. The lowest BCUT2D eigenvalue weighted by molar-refractivity contribution is 0.587. The fourth-order valence-corrected chi connectivity index (χ4v) is 1.46. The molecule has 0 aliphatic heterocycles. The lowest BCUT2D eigenvalue weighted by atomic mass is 10.1. The Balaban J connectivity index is 2.41. The molecule has 1 N–H and O–H groups in total. The maximum atomic E-state index is 4.50. The Morgan fingerprint density at radius 1 is 1.20 bits per heavy atom. The number of aromatic nitrogens is 1. The molecule has 1 heterocycles. The van der Waals surface area contributed by atoms with E-state index in [4.69, 9.17) is 0 Å². The van der Waals surface area contributed by atoms with E-state index in [1.54, 1.807) is 0 Å². The highest BCUT2D eigenvalue weighted by Gasteiger charge is 2.06. The van der Waals surface area contributed by atoms with Crippen LogP contribution in [0.3, 0.4) is 0 Å². The van der Waals surface area contributed by atoms with Gasteiger partial charge in [-0.2, -0.15) is 0 Å². The van der Waals surface area contributed by atoms with Gasteiger partial charge in [-0.25, -0.2) is 0 Å². The van der Waals surface area contributed by atoms with Gasteiger partial charge in [0.25, 0.3) is 0 Å². The maximum absolute atomic E-state index is 4.50. The minimum atomic E-state index is -0.0155. The van der Waals surface area contributed by atoms with Crippen LogP contribution >= 0.6 is 0 Å². The number of H-pyrrole nitrogens is 1. The summed E-state index contributed by atoms with van der Waals surface area (Å²) in [6.07, 6.45) is 3.94. The summed E-state index contributed by atoms with van der Waals surface area (Å²) < 4.78 is 0. The first-order valence-electron chi connectivity index (χ1n) is 5.18. The van der Waals surface area contributed by atoms with Crippen LogP contribution in [0.2, 0.25) is 0 Å². The van der Waals surface area contributed by atoms with Gasteiger partial charge < -0.3 is 4.98 Å². The van der Waals surface area contributed by atoms with Crippen LogP contribution < -0.4 is 0 Å². The summed E-state index contributed by atoms with van der Waals surface area (Å²) in [7, 11) is 0. The minimum Gasteiger partial charge on any atom is -0.361 e. The number of hydrogen-bond acceptors (Lipinski definition) is 1. The van der Waals surface area contributed by atoms with Crippen molar-refractivity contribution in [1.29, 1.82) is 0 Å². The predicted molar refractivity (Wildman–Crippen MR) is 65.6 cm³/mol. The molecule has 1 aromatic heterocycles. The van der Waals surface area contributed by atoms with Crippen molar-refractivity contribution in [3.05, 3.63) is 36.0 Å². The molecule has 2 nitrogen and oxygen atoms in total. The van der Waals surface area contributed by atoms with Crippen LogP contribution in [0.1, 0.15) is 26.3 Å². The van der Waals surface area contributed by atoms with Gasteiger partial charge in [-0.1, -0.05) is 18.2 Å². The fraction of sp³-hybridized carbons (Fsp3) is 0.308. The van der Waals surface area contributed by atoms with Crippen LogP contribution in [-0.2, 0) is 0 Å². The Morgan fingerprint density at radius 2 is 1.93 bits per heavy atom. The van der Waals surface area contributed by atoms with E-state index in [0.717, 1.165) is 11.1 Å². The van der Waals surface area contributed by atoms with E-state index in [-0.39, 0.29) is 5.54 Å². The topological polar surface area (TPSA) is 28.1 Å². The number of rotatable bonds is 1. The summed E-state index contributed by atoms with van der Waals surface area (Å²) in [6.45, 7) is 6.29. The molecular weight excluding hydrogens is 184 g/mol. The summed E-state index contributed by atoms with van der Waals surface area (Å²) in [5.41, 5.74) is 2.30. The van der Waals surface area contributed by atoms with E-state index in [2.05, 4.69) is 42.9 Å². The molecule has 0 fully saturated rings. The van der Waals surface area contributed by atoms with Gasteiger partial charge in [-0.15, -0.1) is 0 Å². The van der Waals surface area contributed by atoms with Gasteiger partial charge in [0, 0.05) is 28.9 Å². The first kappa shape index (κ1) is 9.97. The fourth-order valence-electron chi connectivity index (χ4n) is 1.46. The lowest BCUT2D eigenvalue weighted by Gasteiger charge is -2.10. The Morgan fingerprint density at radius 3 is 2.67 bits per heavy atom. The van der Waals surface area contributed by atoms with Crippen molar-refractivity contribution in [2.45, 2.75) is 26.3 Å². The van der Waals surface area contributed by atoms with Crippen molar-refractivity contribution in [2.24, 2.45) is 4.99 Å². The highest BCUT2D eigenvalue weighted by molar-refractivity contribution is 5.99. The molecule has 0 amide bonds. The zero-order valence-electron chi connectivity index (χ0n) is 9.41. The molecule has 0 spiro atoms. The standard InChI is InChI=1S/C13H16N2/c1-13(2,3)15-9-10-8-14-12-7-5-4-6-11(10)12/h4-9,14H,1-3H3. The monoisotopic (exact) mass is 200 g/mol. The van der Waals surface area contributed by atoms with E-state index in [1.807, 2.05) is 24.5 Å². The summed E-state index contributed by atoms with van der Waals surface area (Å²) in [5, 5.41) is 1.23. The number of fused-ring (bicyclic) bond motifs is 1. The molecule has 0 atom stereocenters. The molecule has 0 radical (unpaired) electrons. The van der Waals surface area contributed by atoms with E-state index < -0.39 is 0 Å². The molecule has 2 rings (SSSR count). The van der Waals surface area contributed by atoms with Gasteiger partial charge in [0.1, 0.15) is 0 Å². The second-order valence-electron chi connectivity index (χ2n) is 4.72. The molecule has 0 saturated carbocycles. The minimum absolute atomic E-state index is 0.0155. The van der Waals surface area contributed by atoms with Gasteiger partial charge >= 0.3 is 0 Å². The molecule has 0 aliphatic carbocycles. The number of nitrogens with one attached hydrogen (secondary N) is 1. The highest BCUT2D eigenvalue weighted by Crippen LogP contribution is 2.16. The van der Waals surface area contributed by atoms with Crippen LogP contribution in [0.15, 0.2) is 35.5 Å². The van der Waals surface area contributed by atoms with Gasteiger partial charge in [0.05, 0.1) is 5.54 Å². The third kappa shape index (κ3) is 2.27. The largest absolute Gasteiger partial charge is 0.361 e. The van der Waals surface area contributed by atoms with Crippen LogP contribution in [-0.4, -0.2) is 16.7 Å². The molecule has 0 aliphatic rings. The Labute approximate surface area is 90.0 Å². The smallest absolute Gasteiger partial charge is 0.0524 e. The Kier molecular flexibility index (Phi) is 2.35. The summed E-state index contributed by atoms with van der Waals surface area (Å²) in [4.78, 5) is 7.74. The number of nitrogens with zero attached hydrogens (tertiary/aromatic N) is 1. The van der Waals surface area contributed by atoms with Crippen molar-refractivity contribution in [3.8, 4) is 0 Å².